The second kappa shape index (κ2) is 8.65. The van der Waals surface area contributed by atoms with E-state index in [9.17, 15) is 14.0 Å². The van der Waals surface area contributed by atoms with Gasteiger partial charge < -0.3 is 10.2 Å². The van der Waals surface area contributed by atoms with Crippen LogP contribution in [0.4, 0.5) is 15.8 Å². The summed E-state index contributed by atoms with van der Waals surface area (Å²) in [6.07, 6.45) is 2.14. The Hall–Kier alpha value is -3.22. The van der Waals surface area contributed by atoms with Crippen LogP contribution >= 0.6 is 0 Å². The fraction of sp³-hybridized carbons (Fsp3) is 0.286. The lowest BCUT2D eigenvalue weighted by atomic mass is 10.1. The second-order valence-electron chi connectivity index (χ2n) is 6.82. The molecule has 3 rings (SSSR count). The summed E-state index contributed by atoms with van der Waals surface area (Å²) in [7, 11) is 0. The fourth-order valence-electron chi connectivity index (χ4n) is 3.02. The van der Waals surface area contributed by atoms with Crippen molar-refractivity contribution >= 4 is 28.9 Å². The standard InChI is InChI=1S/C21H23FN4O2/c1-14-5-8-17(9-6-14)23-20(27)21(28)25-24-15(2)16-7-10-19(18(22)13-16)26-11-3-4-12-26/h5-10,13H,3-4,11-12H2,1-2H3,(H,23,27)(H,25,28)/b24-15-. The van der Waals surface area contributed by atoms with Crippen molar-refractivity contribution in [3.63, 3.8) is 0 Å². The molecule has 0 aromatic heterocycles. The van der Waals surface area contributed by atoms with Gasteiger partial charge in [0.15, 0.2) is 0 Å². The summed E-state index contributed by atoms with van der Waals surface area (Å²) >= 11 is 0. The van der Waals surface area contributed by atoms with E-state index in [1.54, 1.807) is 31.2 Å². The highest BCUT2D eigenvalue weighted by Crippen LogP contribution is 2.24. The van der Waals surface area contributed by atoms with Gasteiger partial charge in [-0.15, -0.1) is 0 Å². The first-order chi connectivity index (χ1) is 13.4. The monoisotopic (exact) mass is 382 g/mol. The van der Waals surface area contributed by atoms with Crippen molar-refractivity contribution in [3.8, 4) is 0 Å². The molecule has 0 atom stereocenters. The summed E-state index contributed by atoms with van der Waals surface area (Å²) in [4.78, 5) is 25.9. The van der Waals surface area contributed by atoms with Gasteiger partial charge >= 0.3 is 11.8 Å². The molecule has 6 nitrogen and oxygen atoms in total. The zero-order valence-corrected chi connectivity index (χ0v) is 16.0. The molecule has 0 bridgehead atoms. The molecule has 1 aliphatic rings. The van der Waals surface area contributed by atoms with E-state index in [1.165, 1.54) is 6.07 Å². The predicted octanol–water partition coefficient (Wildman–Crippen LogP) is 3.21. The molecule has 0 unspecified atom stereocenters. The van der Waals surface area contributed by atoms with Gasteiger partial charge in [-0.3, -0.25) is 9.59 Å². The van der Waals surface area contributed by atoms with Gasteiger partial charge in [-0.1, -0.05) is 23.8 Å². The first-order valence-electron chi connectivity index (χ1n) is 9.21. The Labute approximate surface area is 163 Å². The number of carbonyl (C=O) groups excluding carboxylic acids is 2. The van der Waals surface area contributed by atoms with E-state index >= 15 is 0 Å². The summed E-state index contributed by atoms with van der Waals surface area (Å²) in [6.45, 7) is 5.28. The number of nitrogens with zero attached hydrogens (tertiary/aromatic N) is 2. The van der Waals surface area contributed by atoms with Crippen molar-refractivity contribution in [2.75, 3.05) is 23.3 Å². The number of halogens is 1. The molecule has 2 N–H and O–H groups in total. The van der Waals surface area contributed by atoms with Crippen LogP contribution in [0.3, 0.4) is 0 Å². The highest BCUT2D eigenvalue weighted by molar-refractivity contribution is 6.39. The summed E-state index contributed by atoms with van der Waals surface area (Å²) in [6, 6.07) is 12.0. The minimum atomic E-state index is -0.894. The lowest BCUT2D eigenvalue weighted by Crippen LogP contribution is -2.32. The van der Waals surface area contributed by atoms with Gasteiger partial charge in [0.1, 0.15) is 5.82 Å². The molecule has 0 aliphatic carbocycles. The van der Waals surface area contributed by atoms with E-state index in [0.717, 1.165) is 31.5 Å². The van der Waals surface area contributed by atoms with Crippen LogP contribution in [0, 0.1) is 12.7 Å². The first-order valence-corrected chi connectivity index (χ1v) is 9.21. The normalized spacial score (nSPS) is 14.1. The number of anilines is 2. The van der Waals surface area contributed by atoms with Gasteiger partial charge in [0.05, 0.1) is 11.4 Å². The first kappa shape index (κ1) is 19.5. The molecule has 1 saturated heterocycles. The van der Waals surface area contributed by atoms with Gasteiger partial charge in [0, 0.05) is 24.3 Å². The van der Waals surface area contributed by atoms with Crippen LogP contribution in [0.5, 0.6) is 0 Å². The number of hydrogen-bond donors (Lipinski definition) is 2. The quantitative estimate of drug-likeness (QED) is 0.484. The molecule has 2 amide bonds. The average molecular weight is 382 g/mol. The van der Waals surface area contributed by atoms with Crippen molar-refractivity contribution in [2.45, 2.75) is 26.7 Å². The Kier molecular flexibility index (Phi) is 6.03. The molecule has 0 saturated carbocycles. The average Bonchev–Trinajstić information content (AvgIpc) is 3.21. The second-order valence-corrected chi connectivity index (χ2v) is 6.82. The van der Waals surface area contributed by atoms with Crippen molar-refractivity contribution in [1.82, 2.24) is 5.43 Å². The smallest absolute Gasteiger partial charge is 0.329 e. The van der Waals surface area contributed by atoms with E-state index in [1.807, 2.05) is 24.0 Å². The lowest BCUT2D eigenvalue weighted by Gasteiger charge is -2.18. The van der Waals surface area contributed by atoms with Crippen LogP contribution in [0.15, 0.2) is 47.6 Å². The Bertz CT molecular complexity index is 903. The largest absolute Gasteiger partial charge is 0.369 e. The minimum absolute atomic E-state index is 0.322. The summed E-state index contributed by atoms with van der Waals surface area (Å²) in [5.74, 6) is -2.04. The van der Waals surface area contributed by atoms with E-state index in [-0.39, 0.29) is 5.82 Å². The molecule has 146 valence electrons. The molecule has 2 aromatic carbocycles. The summed E-state index contributed by atoms with van der Waals surface area (Å²) in [5.41, 5.74) is 5.30. The molecule has 1 fully saturated rings. The van der Waals surface area contributed by atoms with Crippen molar-refractivity contribution in [1.29, 1.82) is 0 Å². The van der Waals surface area contributed by atoms with Gasteiger partial charge in [-0.2, -0.15) is 5.10 Å². The van der Waals surface area contributed by atoms with Crippen molar-refractivity contribution in [3.05, 3.63) is 59.4 Å². The zero-order valence-electron chi connectivity index (χ0n) is 16.0. The highest BCUT2D eigenvalue weighted by atomic mass is 19.1. The van der Waals surface area contributed by atoms with Crippen LogP contribution in [0.25, 0.3) is 0 Å². The molecular weight excluding hydrogens is 359 g/mol. The van der Waals surface area contributed by atoms with E-state index < -0.39 is 11.8 Å². The highest BCUT2D eigenvalue weighted by Gasteiger charge is 2.17. The Balaban J connectivity index is 1.61. The van der Waals surface area contributed by atoms with Gasteiger partial charge in [-0.25, -0.2) is 9.82 Å². The van der Waals surface area contributed by atoms with Crippen LogP contribution in [0.1, 0.15) is 30.9 Å². The van der Waals surface area contributed by atoms with Crippen LogP contribution in [-0.4, -0.2) is 30.6 Å². The fourth-order valence-corrected chi connectivity index (χ4v) is 3.02. The summed E-state index contributed by atoms with van der Waals surface area (Å²) < 4.78 is 14.4. The number of amides is 2. The number of hydrogen-bond acceptors (Lipinski definition) is 4. The maximum atomic E-state index is 14.4. The maximum absolute atomic E-state index is 14.4. The molecule has 1 aliphatic heterocycles. The summed E-state index contributed by atoms with van der Waals surface area (Å²) in [5, 5.41) is 6.41. The number of rotatable bonds is 4. The van der Waals surface area contributed by atoms with E-state index in [2.05, 4.69) is 15.8 Å². The number of benzene rings is 2. The predicted molar refractivity (Wildman–Crippen MR) is 108 cm³/mol. The van der Waals surface area contributed by atoms with Crippen molar-refractivity contribution in [2.24, 2.45) is 5.10 Å². The van der Waals surface area contributed by atoms with E-state index in [4.69, 9.17) is 0 Å². The molecule has 7 heteroatoms. The number of hydrazone groups is 1. The van der Waals surface area contributed by atoms with Gasteiger partial charge in [0.25, 0.3) is 0 Å². The molecule has 0 spiro atoms. The lowest BCUT2D eigenvalue weighted by molar-refractivity contribution is -0.136. The Morgan fingerprint density at radius 2 is 1.71 bits per heavy atom. The maximum Gasteiger partial charge on any atom is 0.329 e. The molecule has 2 aromatic rings. The zero-order chi connectivity index (χ0) is 20.1. The minimum Gasteiger partial charge on any atom is -0.369 e. The topological polar surface area (TPSA) is 73.8 Å². The SMILES string of the molecule is C/C(=N/NC(=O)C(=O)Nc1ccc(C)cc1)c1ccc(N2CCCC2)c(F)c1. The third kappa shape index (κ3) is 4.73. The molecule has 28 heavy (non-hydrogen) atoms. The Morgan fingerprint density at radius 1 is 1.04 bits per heavy atom. The number of nitrogens with one attached hydrogen (secondary N) is 2. The van der Waals surface area contributed by atoms with Crippen LogP contribution in [-0.2, 0) is 9.59 Å². The van der Waals surface area contributed by atoms with E-state index in [0.29, 0.717) is 22.6 Å². The van der Waals surface area contributed by atoms with Crippen molar-refractivity contribution < 1.29 is 14.0 Å². The molecular formula is C21H23FN4O2. The van der Waals surface area contributed by atoms with Gasteiger partial charge in [-0.05, 0) is 51.0 Å². The third-order valence-corrected chi connectivity index (χ3v) is 4.65. The van der Waals surface area contributed by atoms with Gasteiger partial charge in [0.2, 0.25) is 0 Å². The number of aryl methyl sites for hydroxylation is 1. The Morgan fingerprint density at radius 3 is 2.36 bits per heavy atom. The molecule has 0 radical (unpaired) electrons. The molecule has 1 heterocycles. The third-order valence-electron chi connectivity index (χ3n) is 4.65. The number of carbonyl (C=O) groups is 2. The van der Waals surface area contributed by atoms with Crippen LogP contribution in [0.2, 0.25) is 0 Å². The van der Waals surface area contributed by atoms with Crippen LogP contribution < -0.4 is 15.6 Å².